The normalized spacial score (nSPS) is 16.8. The molecule has 0 aliphatic carbocycles. The first-order chi connectivity index (χ1) is 10.2. The maximum Gasteiger partial charge on any atom is 0.269 e. The summed E-state index contributed by atoms with van der Waals surface area (Å²) in [6, 6.07) is 14.9. The predicted octanol–water partition coefficient (Wildman–Crippen LogP) is 2.52. The van der Waals surface area contributed by atoms with Crippen molar-refractivity contribution in [1.29, 1.82) is 0 Å². The Balaban J connectivity index is 1.92. The topological polar surface area (TPSA) is 66.6 Å². The Morgan fingerprint density at radius 3 is 2.67 bits per heavy atom. The number of aliphatic hydroxyl groups excluding tert-OH is 1. The van der Waals surface area contributed by atoms with Crippen molar-refractivity contribution < 1.29 is 10.0 Å². The van der Waals surface area contributed by atoms with E-state index >= 15 is 0 Å². The maximum absolute atomic E-state index is 10.9. The molecule has 1 aliphatic heterocycles. The second-order valence-corrected chi connectivity index (χ2v) is 5.22. The van der Waals surface area contributed by atoms with E-state index in [9.17, 15) is 15.2 Å². The Morgan fingerprint density at radius 2 is 2.00 bits per heavy atom. The average molecular weight is 284 g/mol. The zero-order valence-electron chi connectivity index (χ0n) is 11.5. The standard InChI is InChI=1S/C16H16N2O3/c19-11-15-9-13-8-14(18(20)21)6-7-16(13)17(15)10-12-4-2-1-3-5-12/h1-8,15,19H,9-11H2. The lowest BCUT2D eigenvalue weighted by molar-refractivity contribution is -0.384. The molecule has 1 heterocycles. The van der Waals surface area contributed by atoms with E-state index in [1.54, 1.807) is 12.1 Å². The van der Waals surface area contributed by atoms with Gasteiger partial charge in [0, 0.05) is 24.4 Å². The molecule has 0 fully saturated rings. The molecule has 0 spiro atoms. The summed E-state index contributed by atoms with van der Waals surface area (Å²) in [6.07, 6.45) is 0.639. The number of anilines is 1. The number of nitro groups is 1. The number of nitrogens with zero attached hydrogens (tertiary/aromatic N) is 2. The van der Waals surface area contributed by atoms with E-state index in [1.807, 2.05) is 30.3 Å². The van der Waals surface area contributed by atoms with Crippen LogP contribution < -0.4 is 4.90 Å². The van der Waals surface area contributed by atoms with Crippen LogP contribution in [0.5, 0.6) is 0 Å². The third kappa shape index (κ3) is 2.60. The van der Waals surface area contributed by atoms with Crippen molar-refractivity contribution in [2.75, 3.05) is 11.5 Å². The highest BCUT2D eigenvalue weighted by molar-refractivity contribution is 5.63. The highest BCUT2D eigenvalue weighted by Crippen LogP contribution is 2.35. The van der Waals surface area contributed by atoms with Crippen molar-refractivity contribution >= 4 is 11.4 Å². The number of benzene rings is 2. The van der Waals surface area contributed by atoms with Crippen molar-refractivity contribution in [3.8, 4) is 0 Å². The van der Waals surface area contributed by atoms with E-state index in [0.717, 1.165) is 16.8 Å². The molecular weight excluding hydrogens is 268 g/mol. The fourth-order valence-corrected chi connectivity index (χ4v) is 2.85. The van der Waals surface area contributed by atoms with Gasteiger partial charge in [-0.15, -0.1) is 0 Å². The lowest BCUT2D eigenvalue weighted by Crippen LogP contribution is -2.34. The Morgan fingerprint density at radius 1 is 1.24 bits per heavy atom. The van der Waals surface area contributed by atoms with Crippen LogP contribution in [0.25, 0.3) is 0 Å². The van der Waals surface area contributed by atoms with E-state index in [2.05, 4.69) is 4.90 Å². The smallest absolute Gasteiger partial charge is 0.269 e. The molecule has 5 heteroatoms. The van der Waals surface area contributed by atoms with E-state index in [0.29, 0.717) is 13.0 Å². The van der Waals surface area contributed by atoms with Crippen LogP contribution in [-0.2, 0) is 13.0 Å². The number of non-ortho nitro benzene ring substituents is 1. The third-order valence-corrected chi connectivity index (χ3v) is 3.89. The van der Waals surface area contributed by atoms with Crippen molar-refractivity contribution in [2.24, 2.45) is 0 Å². The van der Waals surface area contributed by atoms with Crippen LogP contribution >= 0.6 is 0 Å². The molecular formula is C16H16N2O3. The minimum absolute atomic E-state index is 0.0257. The van der Waals surface area contributed by atoms with Crippen LogP contribution in [0.2, 0.25) is 0 Å². The van der Waals surface area contributed by atoms with Gasteiger partial charge in [0.1, 0.15) is 0 Å². The number of aliphatic hydroxyl groups is 1. The van der Waals surface area contributed by atoms with Gasteiger partial charge < -0.3 is 10.0 Å². The molecule has 1 atom stereocenters. The summed E-state index contributed by atoms with van der Waals surface area (Å²) in [4.78, 5) is 12.6. The number of hydrogen-bond acceptors (Lipinski definition) is 4. The van der Waals surface area contributed by atoms with E-state index in [4.69, 9.17) is 0 Å². The molecule has 1 unspecified atom stereocenters. The van der Waals surface area contributed by atoms with Crippen molar-refractivity contribution in [1.82, 2.24) is 0 Å². The third-order valence-electron chi connectivity index (χ3n) is 3.89. The van der Waals surface area contributed by atoms with Gasteiger partial charge in [-0.25, -0.2) is 0 Å². The molecule has 0 radical (unpaired) electrons. The molecule has 2 aromatic carbocycles. The van der Waals surface area contributed by atoms with Crippen LogP contribution in [0.15, 0.2) is 48.5 Å². The van der Waals surface area contributed by atoms with Gasteiger partial charge in [0.25, 0.3) is 5.69 Å². The molecule has 3 rings (SSSR count). The zero-order valence-corrected chi connectivity index (χ0v) is 11.5. The fourth-order valence-electron chi connectivity index (χ4n) is 2.85. The lowest BCUT2D eigenvalue weighted by Gasteiger charge is -2.26. The molecule has 0 amide bonds. The summed E-state index contributed by atoms with van der Waals surface area (Å²) in [5, 5.41) is 20.5. The Labute approximate surface area is 122 Å². The van der Waals surface area contributed by atoms with Crippen molar-refractivity contribution in [3.63, 3.8) is 0 Å². The average Bonchev–Trinajstić information content (AvgIpc) is 2.85. The van der Waals surface area contributed by atoms with Crippen LogP contribution in [0, 0.1) is 10.1 Å². The van der Waals surface area contributed by atoms with Gasteiger partial charge >= 0.3 is 0 Å². The largest absolute Gasteiger partial charge is 0.394 e. The highest BCUT2D eigenvalue weighted by Gasteiger charge is 2.30. The summed E-state index contributed by atoms with van der Waals surface area (Å²) in [7, 11) is 0. The monoisotopic (exact) mass is 284 g/mol. The van der Waals surface area contributed by atoms with E-state index < -0.39 is 0 Å². The van der Waals surface area contributed by atoms with Gasteiger partial charge in [0.2, 0.25) is 0 Å². The maximum atomic E-state index is 10.9. The van der Waals surface area contributed by atoms with Crippen LogP contribution in [0.3, 0.4) is 0 Å². The highest BCUT2D eigenvalue weighted by atomic mass is 16.6. The predicted molar refractivity (Wildman–Crippen MR) is 80.3 cm³/mol. The van der Waals surface area contributed by atoms with Crippen molar-refractivity contribution in [3.05, 3.63) is 69.8 Å². The first kappa shape index (κ1) is 13.6. The second kappa shape index (κ2) is 5.54. The summed E-state index contributed by atoms with van der Waals surface area (Å²) in [6.45, 7) is 0.728. The van der Waals surface area contributed by atoms with Crippen LogP contribution in [-0.4, -0.2) is 22.7 Å². The Kier molecular flexibility index (Phi) is 3.58. The number of rotatable bonds is 4. The van der Waals surface area contributed by atoms with Gasteiger partial charge in [-0.1, -0.05) is 30.3 Å². The molecule has 1 N–H and O–H groups in total. The first-order valence-electron chi connectivity index (χ1n) is 6.88. The molecule has 2 aromatic rings. The quantitative estimate of drug-likeness (QED) is 0.692. The summed E-state index contributed by atoms with van der Waals surface area (Å²) in [5.41, 5.74) is 3.16. The van der Waals surface area contributed by atoms with Crippen LogP contribution in [0.1, 0.15) is 11.1 Å². The molecule has 0 saturated heterocycles. The summed E-state index contributed by atoms with van der Waals surface area (Å²) >= 11 is 0. The molecule has 5 nitrogen and oxygen atoms in total. The summed E-state index contributed by atoms with van der Waals surface area (Å²) in [5.74, 6) is 0. The van der Waals surface area contributed by atoms with Gasteiger partial charge in [-0.05, 0) is 23.6 Å². The molecule has 0 aromatic heterocycles. The van der Waals surface area contributed by atoms with Crippen LogP contribution in [0.4, 0.5) is 11.4 Å². The van der Waals surface area contributed by atoms with Gasteiger partial charge in [0.05, 0.1) is 17.6 Å². The summed E-state index contributed by atoms with van der Waals surface area (Å²) < 4.78 is 0. The van der Waals surface area contributed by atoms with E-state index in [-0.39, 0.29) is 23.3 Å². The molecule has 21 heavy (non-hydrogen) atoms. The zero-order chi connectivity index (χ0) is 14.8. The van der Waals surface area contributed by atoms with Gasteiger partial charge in [0.15, 0.2) is 0 Å². The van der Waals surface area contributed by atoms with E-state index in [1.165, 1.54) is 6.07 Å². The molecule has 1 aliphatic rings. The molecule has 0 bridgehead atoms. The number of hydrogen-bond donors (Lipinski definition) is 1. The van der Waals surface area contributed by atoms with Crippen molar-refractivity contribution in [2.45, 2.75) is 19.0 Å². The second-order valence-electron chi connectivity index (χ2n) is 5.22. The lowest BCUT2D eigenvalue weighted by atomic mass is 10.1. The molecule has 0 saturated carbocycles. The fraction of sp³-hybridized carbons (Fsp3) is 0.250. The van der Waals surface area contributed by atoms with Gasteiger partial charge in [-0.2, -0.15) is 0 Å². The minimum Gasteiger partial charge on any atom is -0.394 e. The minimum atomic E-state index is -0.381. The molecule has 108 valence electrons. The number of nitro benzene ring substituents is 1. The first-order valence-corrected chi connectivity index (χ1v) is 6.88. The number of fused-ring (bicyclic) bond motifs is 1. The Hall–Kier alpha value is -2.40. The SMILES string of the molecule is O=[N+]([O-])c1ccc2c(c1)CC(CO)N2Cc1ccccc1. The van der Waals surface area contributed by atoms with Gasteiger partial charge in [-0.3, -0.25) is 10.1 Å². The Bertz CT molecular complexity index is 658.